The molecule has 2 aromatic carbocycles. The summed E-state index contributed by atoms with van der Waals surface area (Å²) in [6.07, 6.45) is -6.67. The predicted octanol–water partition coefficient (Wildman–Crippen LogP) is 2.56. The first-order valence-corrected chi connectivity index (χ1v) is 9.02. The van der Waals surface area contributed by atoms with E-state index in [4.69, 9.17) is 4.74 Å². The lowest BCUT2D eigenvalue weighted by Crippen LogP contribution is -2.45. The minimum atomic E-state index is -4.58. The number of amides is 1. The Morgan fingerprint density at radius 2 is 1.78 bits per heavy atom. The van der Waals surface area contributed by atoms with Crippen LogP contribution in [0.2, 0.25) is 0 Å². The van der Waals surface area contributed by atoms with Crippen LogP contribution >= 0.6 is 0 Å². The molecule has 2 aromatic rings. The van der Waals surface area contributed by atoms with Crippen LogP contribution in [0.1, 0.15) is 22.8 Å². The summed E-state index contributed by atoms with van der Waals surface area (Å²) < 4.78 is 47.5. The average molecular weight is 456 g/mol. The second kappa shape index (κ2) is 10.1. The third-order valence-corrected chi connectivity index (χ3v) is 4.48. The van der Waals surface area contributed by atoms with Crippen molar-refractivity contribution in [1.29, 1.82) is 0 Å². The molecule has 9 nitrogen and oxygen atoms in total. The van der Waals surface area contributed by atoms with Crippen molar-refractivity contribution in [1.82, 2.24) is 5.32 Å². The molecule has 0 radical (unpaired) electrons. The molecule has 32 heavy (non-hydrogen) atoms. The molecule has 0 aromatic heterocycles. The smallest absolute Gasteiger partial charge is 0.416 e. The number of alkyl halides is 3. The van der Waals surface area contributed by atoms with E-state index in [1.165, 1.54) is 19.2 Å². The standard InChI is InChI=1S/C20H19F3N2O7/c1-31-16-8-3-11(10-15(16)25(29)30)9-14(19(28)32-2)24-18(27)17(26)12-4-6-13(7-5-12)20(21,22)23/h3-8,10,14,17,26H,9H2,1-2H3,(H,24,27)/t14-,17+/m1/s1. The van der Waals surface area contributed by atoms with Crippen molar-refractivity contribution in [2.45, 2.75) is 24.7 Å². The number of rotatable bonds is 8. The van der Waals surface area contributed by atoms with Gasteiger partial charge in [0.15, 0.2) is 11.9 Å². The third-order valence-electron chi connectivity index (χ3n) is 4.48. The molecule has 0 saturated carbocycles. The Labute approximate surface area is 179 Å². The molecular weight excluding hydrogens is 437 g/mol. The van der Waals surface area contributed by atoms with Gasteiger partial charge in [-0.25, -0.2) is 4.79 Å². The topological polar surface area (TPSA) is 128 Å². The molecule has 172 valence electrons. The van der Waals surface area contributed by atoms with E-state index in [1.807, 2.05) is 0 Å². The number of aliphatic hydroxyl groups is 1. The molecule has 0 saturated heterocycles. The fourth-order valence-corrected chi connectivity index (χ4v) is 2.83. The molecule has 0 heterocycles. The Morgan fingerprint density at radius 1 is 1.16 bits per heavy atom. The zero-order valence-electron chi connectivity index (χ0n) is 16.9. The lowest BCUT2D eigenvalue weighted by atomic mass is 10.0. The lowest BCUT2D eigenvalue weighted by Gasteiger charge is -2.19. The largest absolute Gasteiger partial charge is 0.490 e. The minimum absolute atomic E-state index is 0.00451. The first-order chi connectivity index (χ1) is 15.0. The average Bonchev–Trinajstić information content (AvgIpc) is 2.76. The van der Waals surface area contributed by atoms with Gasteiger partial charge in [-0.15, -0.1) is 0 Å². The number of nitro groups is 1. The Balaban J connectivity index is 2.20. The van der Waals surface area contributed by atoms with E-state index in [9.17, 15) is 38.0 Å². The molecule has 0 aliphatic carbocycles. The number of esters is 1. The molecule has 0 spiro atoms. The number of halogens is 3. The molecule has 2 rings (SSSR count). The van der Waals surface area contributed by atoms with Crippen LogP contribution in [0, 0.1) is 10.1 Å². The summed E-state index contributed by atoms with van der Waals surface area (Å²) in [4.78, 5) is 35.0. The van der Waals surface area contributed by atoms with Gasteiger partial charge in [-0.1, -0.05) is 18.2 Å². The molecule has 1 amide bonds. The van der Waals surface area contributed by atoms with E-state index in [1.54, 1.807) is 0 Å². The first kappa shape index (κ1) is 24.6. The number of benzene rings is 2. The number of nitro benzene ring substituents is 1. The van der Waals surface area contributed by atoms with Gasteiger partial charge in [-0.3, -0.25) is 14.9 Å². The van der Waals surface area contributed by atoms with Crippen molar-refractivity contribution in [3.8, 4) is 5.75 Å². The number of nitrogens with zero attached hydrogens (tertiary/aromatic N) is 1. The SMILES string of the molecule is COC(=O)[C@@H](Cc1ccc(OC)c([N+](=O)[O-])c1)NC(=O)[C@@H](O)c1ccc(C(F)(F)F)cc1. The van der Waals surface area contributed by atoms with E-state index < -0.39 is 40.7 Å². The monoisotopic (exact) mass is 456 g/mol. The molecule has 0 aliphatic rings. The molecule has 0 unspecified atom stereocenters. The normalized spacial score (nSPS) is 13.1. The number of methoxy groups -OCH3 is 2. The molecule has 2 N–H and O–H groups in total. The minimum Gasteiger partial charge on any atom is -0.490 e. The Kier molecular flexibility index (Phi) is 7.76. The summed E-state index contributed by atoms with van der Waals surface area (Å²) in [6, 6.07) is 5.89. The number of hydrogen-bond acceptors (Lipinski definition) is 7. The van der Waals surface area contributed by atoms with Gasteiger partial charge in [-0.2, -0.15) is 13.2 Å². The van der Waals surface area contributed by atoms with Crippen molar-refractivity contribution < 1.29 is 42.3 Å². The van der Waals surface area contributed by atoms with Crippen molar-refractivity contribution in [3.63, 3.8) is 0 Å². The van der Waals surface area contributed by atoms with Gasteiger partial charge in [-0.05, 0) is 29.3 Å². The Bertz CT molecular complexity index is 994. The summed E-state index contributed by atoms with van der Waals surface area (Å²) in [5.41, 5.74) is -1.15. The number of hydrogen-bond donors (Lipinski definition) is 2. The van der Waals surface area contributed by atoms with Crippen LogP contribution in [0.3, 0.4) is 0 Å². The zero-order chi connectivity index (χ0) is 24.1. The van der Waals surface area contributed by atoms with E-state index in [0.29, 0.717) is 12.1 Å². The van der Waals surface area contributed by atoms with Crippen molar-refractivity contribution in [2.75, 3.05) is 14.2 Å². The quantitative estimate of drug-likeness (QED) is 0.355. The van der Waals surface area contributed by atoms with Crippen molar-refractivity contribution in [2.24, 2.45) is 0 Å². The zero-order valence-corrected chi connectivity index (χ0v) is 16.9. The molecule has 0 aliphatic heterocycles. The number of aliphatic hydroxyl groups excluding tert-OH is 1. The summed E-state index contributed by atoms with van der Waals surface area (Å²) >= 11 is 0. The van der Waals surface area contributed by atoms with E-state index in [2.05, 4.69) is 10.1 Å². The maximum absolute atomic E-state index is 12.7. The maximum Gasteiger partial charge on any atom is 0.416 e. The summed E-state index contributed by atoms with van der Waals surface area (Å²) in [7, 11) is 2.31. The van der Waals surface area contributed by atoms with Crippen LogP contribution < -0.4 is 10.1 Å². The van der Waals surface area contributed by atoms with Crippen molar-refractivity contribution in [3.05, 3.63) is 69.3 Å². The van der Waals surface area contributed by atoms with Crippen LogP contribution in [0.4, 0.5) is 18.9 Å². The van der Waals surface area contributed by atoms with Gasteiger partial charge in [0.2, 0.25) is 0 Å². The van der Waals surface area contributed by atoms with Gasteiger partial charge < -0.3 is 19.9 Å². The molecule has 0 bridgehead atoms. The van der Waals surface area contributed by atoms with Gasteiger partial charge in [0.25, 0.3) is 5.91 Å². The highest BCUT2D eigenvalue weighted by molar-refractivity contribution is 5.87. The molecule has 12 heteroatoms. The fourth-order valence-electron chi connectivity index (χ4n) is 2.83. The summed E-state index contributed by atoms with van der Waals surface area (Å²) in [5, 5.41) is 23.6. The lowest BCUT2D eigenvalue weighted by molar-refractivity contribution is -0.385. The number of carbonyl (C=O) groups excluding carboxylic acids is 2. The van der Waals surface area contributed by atoms with E-state index >= 15 is 0 Å². The first-order valence-electron chi connectivity index (χ1n) is 9.02. The molecule has 0 fully saturated rings. The second-order valence-corrected chi connectivity index (χ2v) is 6.57. The van der Waals surface area contributed by atoms with Gasteiger partial charge in [0, 0.05) is 12.5 Å². The third kappa shape index (κ3) is 5.94. The Hall–Kier alpha value is -3.67. The highest BCUT2D eigenvalue weighted by Crippen LogP contribution is 2.30. The van der Waals surface area contributed by atoms with Crippen LogP contribution in [-0.4, -0.2) is 42.2 Å². The van der Waals surface area contributed by atoms with E-state index in [-0.39, 0.29) is 29.0 Å². The predicted molar refractivity (Wildman–Crippen MR) is 104 cm³/mol. The van der Waals surface area contributed by atoms with Gasteiger partial charge in [0.1, 0.15) is 6.04 Å². The second-order valence-electron chi connectivity index (χ2n) is 6.57. The highest BCUT2D eigenvalue weighted by Gasteiger charge is 2.31. The van der Waals surface area contributed by atoms with Crippen LogP contribution in [0.15, 0.2) is 42.5 Å². The Morgan fingerprint density at radius 3 is 2.28 bits per heavy atom. The van der Waals surface area contributed by atoms with E-state index in [0.717, 1.165) is 25.3 Å². The molecular formula is C20H19F3N2O7. The maximum atomic E-state index is 12.7. The van der Waals surface area contributed by atoms with Crippen LogP contribution in [0.25, 0.3) is 0 Å². The van der Waals surface area contributed by atoms with Gasteiger partial charge >= 0.3 is 17.8 Å². The number of nitrogens with one attached hydrogen (secondary N) is 1. The van der Waals surface area contributed by atoms with Crippen LogP contribution in [-0.2, 0) is 26.9 Å². The van der Waals surface area contributed by atoms with Crippen molar-refractivity contribution >= 4 is 17.6 Å². The summed E-state index contributed by atoms with van der Waals surface area (Å²) in [6.45, 7) is 0. The highest BCUT2D eigenvalue weighted by atomic mass is 19.4. The summed E-state index contributed by atoms with van der Waals surface area (Å²) in [5.74, 6) is -1.96. The number of ether oxygens (including phenoxy) is 2. The van der Waals surface area contributed by atoms with Gasteiger partial charge in [0.05, 0.1) is 24.7 Å². The fraction of sp³-hybridized carbons (Fsp3) is 0.300. The molecule has 2 atom stereocenters. The number of carbonyl (C=O) groups is 2. The van der Waals surface area contributed by atoms with Crippen LogP contribution in [0.5, 0.6) is 5.75 Å².